The van der Waals surface area contributed by atoms with Crippen LogP contribution in [0, 0.1) is 13.8 Å². The number of nitrogens with zero attached hydrogens (tertiary/aromatic N) is 3. The minimum atomic E-state index is -0.324. The van der Waals surface area contributed by atoms with Gasteiger partial charge in [-0.3, -0.25) is 19.0 Å². The number of hydrogen-bond acceptors (Lipinski definition) is 6. The second-order valence-electron chi connectivity index (χ2n) is 8.02. The van der Waals surface area contributed by atoms with Crippen molar-refractivity contribution in [3.8, 4) is 0 Å². The van der Waals surface area contributed by atoms with Crippen molar-refractivity contribution in [1.29, 1.82) is 0 Å². The number of hydrogen-bond donors (Lipinski definition) is 1. The molecule has 2 amide bonds. The van der Waals surface area contributed by atoms with Gasteiger partial charge in [-0.25, -0.2) is 4.98 Å². The minimum absolute atomic E-state index is 0.110. The summed E-state index contributed by atoms with van der Waals surface area (Å²) in [6, 6.07) is 7.41. The van der Waals surface area contributed by atoms with Gasteiger partial charge in [0.25, 0.3) is 5.56 Å². The Morgan fingerprint density at radius 3 is 2.94 bits per heavy atom. The molecule has 2 aromatic heterocycles. The third-order valence-electron chi connectivity index (χ3n) is 5.77. The van der Waals surface area contributed by atoms with E-state index >= 15 is 0 Å². The first-order chi connectivity index (χ1) is 15.4. The first-order valence-corrected chi connectivity index (χ1v) is 11.5. The van der Waals surface area contributed by atoms with Crippen molar-refractivity contribution in [1.82, 2.24) is 14.5 Å². The van der Waals surface area contributed by atoms with Gasteiger partial charge in [0, 0.05) is 18.8 Å². The van der Waals surface area contributed by atoms with E-state index in [0.717, 1.165) is 29.7 Å². The van der Waals surface area contributed by atoms with Gasteiger partial charge in [0.1, 0.15) is 17.9 Å². The second-order valence-corrected chi connectivity index (χ2v) is 8.92. The van der Waals surface area contributed by atoms with Gasteiger partial charge in [0.2, 0.25) is 11.8 Å². The number of thiophene rings is 1. The molecule has 32 heavy (non-hydrogen) atoms. The molecule has 1 aliphatic rings. The molecule has 1 unspecified atom stereocenters. The number of nitrogens with one attached hydrogen (secondary N) is 1. The highest BCUT2D eigenvalue weighted by molar-refractivity contribution is 7.16. The zero-order valence-corrected chi connectivity index (χ0v) is 19.0. The summed E-state index contributed by atoms with van der Waals surface area (Å²) in [7, 11) is 0. The second kappa shape index (κ2) is 9.62. The zero-order valence-electron chi connectivity index (χ0n) is 18.2. The molecule has 0 saturated carbocycles. The van der Waals surface area contributed by atoms with Gasteiger partial charge in [-0.15, -0.1) is 11.3 Å². The van der Waals surface area contributed by atoms with Crippen LogP contribution in [0.4, 0.5) is 5.69 Å². The van der Waals surface area contributed by atoms with Crippen LogP contribution in [-0.2, 0) is 20.9 Å². The Labute approximate surface area is 189 Å². The lowest BCUT2D eigenvalue weighted by Crippen LogP contribution is -2.44. The topological polar surface area (TPSA) is 93.5 Å². The zero-order chi connectivity index (χ0) is 22.7. The Bertz CT molecular complexity index is 1200. The summed E-state index contributed by atoms with van der Waals surface area (Å²) in [5.41, 5.74) is 2.52. The summed E-state index contributed by atoms with van der Waals surface area (Å²) in [6.45, 7) is 4.59. The number of anilines is 1. The number of aryl methyl sites for hydroxylation is 1. The molecule has 3 heterocycles. The highest BCUT2D eigenvalue weighted by atomic mass is 32.1. The summed E-state index contributed by atoms with van der Waals surface area (Å²) in [5, 5.41) is 5.19. The van der Waals surface area contributed by atoms with Crippen LogP contribution in [0.2, 0.25) is 0 Å². The normalized spacial score (nSPS) is 15.8. The molecule has 1 atom stereocenters. The predicted octanol–water partition coefficient (Wildman–Crippen LogP) is 2.72. The molecule has 1 saturated heterocycles. The van der Waals surface area contributed by atoms with Crippen molar-refractivity contribution in [2.75, 3.05) is 25.0 Å². The molecule has 3 aromatic rings. The fourth-order valence-corrected chi connectivity index (χ4v) is 4.51. The first-order valence-electron chi connectivity index (χ1n) is 10.6. The Morgan fingerprint density at radius 1 is 1.31 bits per heavy atom. The third kappa shape index (κ3) is 4.89. The van der Waals surface area contributed by atoms with E-state index in [9.17, 15) is 14.4 Å². The van der Waals surface area contributed by atoms with Crippen LogP contribution in [0.25, 0.3) is 10.2 Å². The lowest BCUT2D eigenvalue weighted by Gasteiger charge is -2.25. The smallest absolute Gasteiger partial charge is 0.262 e. The molecule has 0 bridgehead atoms. The Hall–Kier alpha value is -3.04. The molecular weight excluding hydrogens is 428 g/mol. The number of amides is 2. The van der Waals surface area contributed by atoms with Crippen molar-refractivity contribution in [2.45, 2.75) is 39.3 Å². The van der Waals surface area contributed by atoms with Crippen molar-refractivity contribution in [3.63, 3.8) is 0 Å². The molecule has 0 aliphatic carbocycles. The molecular formula is C23H26N4O4S. The number of carbonyl (C=O) groups excluding carboxylic acids is 2. The molecule has 1 aliphatic heterocycles. The summed E-state index contributed by atoms with van der Waals surface area (Å²) >= 11 is 1.38. The first kappa shape index (κ1) is 22.2. The van der Waals surface area contributed by atoms with E-state index in [-0.39, 0.29) is 36.6 Å². The van der Waals surface area contributed by atoms with Crippen LogP contribution in [0.15, 0.2) is 40.8 Å². The quantitative estimate of drug-likeness (QED) is 0.593. The molecule has 1 N–H and O–H groups in total. The predicted molar refractivity (Wildman–Crippen MR) is 124 cm³/mol. The number of carbonyl (C=O) groups is 2. The Balaban J connectivity index is 1.50. The van der Waals surface area contributed by atoms with E-state index in [1.807, 2.05) is 32.0 Å². The highest BCUT2D eigenvalue weighted by Gasteiger charge is 2.25. The summed E-state index contributed by atoms with van der Waals surface area (Å²) in [6.07, 6.45) is 3.05. The fraction of sp³-hybridized carbons (Fsp3) is 0.391. The average Bonchev–Trinajstić information content (AvgIpc) is 3.45. The lowest BCUT2D eigenvalue weighted by atomic mass is 10.1. The van der Waals surface area contributed by atoms with Crippen molar-refractivity contribution >= 4 is 39.1 Å². The maximum Gasteiger partial charge on any atom is 0.262 e. The van der Waals surface area contributed by atoms with Crippen LogP contribution >= 0.6 is 11.3 Å². The van der Waals surface area contributed by atoms with E-state index in [4.69, 9.17) is 4.74 Å². The van der Waals surface area contributed by atoms with Crippen LogP contribution in [0.3, 0.4) is 0 Å². The van der Waals surface area contributed by atoms with E-state index in [1.54, 1.807) is 11.4 Å². The van der Waals surface area contributed by atoms with Crippen molar-refractivity contribution in [3.05, 3.63) is 57.5 Å². The van der Waals surface area contributed by atoms with Gasteiger partial charge in [-0.05, 0) is 55.3 Å². The van der Waals surface area contributed by atoms with Crippen LogP contribution < -0.4 is 10.9 Å². The number of aromatic nitrogens is 2. The average molecular weight is 455 g/mol. The van der Waals surface area contributed by atoms with E-state index in [1.165, 1.54) is 27.1 Å². The molecule has 8 nitrogen and oxygen atoms in total. The van der Waals surface area contributed by atoms with Crippen LogP contribution in [-0.4, -0.2) is 52.1 Å². The fourth-order valence-electron chi connectivity index (χ4n) is 3.79. The Morgan fingerprint density at radius 2 is 2.16 bits per heavy atom. The van der Waals surface area contributed by atoms with Gasteiger partial charge in [-0.1, -0.05) is 12.1 Å². The number of rotatable bonds is 7. The summed E-state index contributed by atoms with van der Waals surface area (Å²) in [5.74, 6) is -0.612. The molecule has 0 radical (unpaired) electrons. The molecule has 1 aromatic carbocycles. The standard InChI is InChI=1S/C23H26N4O4S/c1-15-5-3-7-19(16(15)2)25-20(28)12-26(11-17-6-4-9-31-17)21(29)13-27-14-24-22-18(23(27)30)8-10-32-22/h3,5,7-8,10,14,17H,4,6,9,11-13H2,1-2H3,(H,25,28). The van der Waals surface area contributed by atoms with Crippen molar-refractivity contribution in [2.24, 2.45) is 0 Å². The van der Waals surface area contributed by atoms with Crippen LogP contribution in [0.5, 0.6) is 0 Å². The number of ether oxygens (including phenoxy) is 1. The van der Waals surface area contributed by atoms with E-state index < -0.39 is 0 Å². The number of fused-ring (bicyclic) bond motifs is 1. The molecule has 1 fully saturated rings. The maximum absolute atomic E-state index is 13.1. The third-order valence-corrected chi connectivity index (χ3v) is 6.59. The van der Waals surface area contributed by atoms with E-state index in [0.29, 0.717) is 23.4 Å². The van der Waals surface area contributed by atoms with Gasteiger partial charge in [0.05, 0.1) is 17.8 Å². The van der Waals surface area contributed by atoms with Gasteiger partial charge < -0.3 is 15.0 Å². The summed E-state index contributed by atoms with van der Waals surface area (Å²) < 4.78 is 6.98. The Kier molecular flexibility index (Phi) is 6.66. The molecule has 4 rings (SSSR count). The van der Waals surface area contributed by atoms with Gasteiger partial charge in [0.15, 0.2) is 0 Å². The molecule has 168 valence electrons. The molecule has 0 spiro atoms. The summed E-state index contributed by atoms with van der Waals surface area (Å²) in [4.78, 5) is 45.0. The minimum Gasteiger partial charge on any atom is -0.376 e. The van der Waals surface area contributed by atoms with E-state index in [2.05, 4.69) is 10.3 Å². The van der Waals surface area contributed by atoms with Crippen LogP contribution in [0.1, 0.15) is 24.0 Å². The van der Waals surface area contributed by atoms with Gasteiger partial charge in [-0.2, -0.15) is 0 Å². The maximum atomic E-state index is 13.1. The number of benzene rings is 1. The lowest BCUT2D eigenvalue weighted by molar-refractivity contribution is -0.136. The SMILES string of the molecule is Cc1cccc(NC(=O)CN(CC2CCCO2)C(=O)Cn2cnc3sccc3c2=O)c1C. The molecule has 9 heteroatoms. The monoisotopic (exact) mass is 454 g/mol. The van der Waals surface area contributed by atoms with Crippen molar-refractivity contribution < 1.29 is 14.3 Å². The van der Waals surface area contributed by atoms with Gasteiger partial charge >= 0.3 is 0 Å². The largest absolute Gasteiger partial charge is 0.376 e. The highest BCUT2D eigenvalue weighted by Crippen LogP contribution is 2.19.